The topological polar surface area (TPSA) is 102 Å². The first-order valence-electron chi connectivity index (χ1n) is 5.84. The van der Waals surface area contributed by atoms with E-state index in [0.717, 1.165) is 0 Å². The van der Waals surface area contributed by atoms with Crippen molar-refractivity contribution in [2.75, 3.05) is 21.3 Å². The summed E-state index contributed by atoms with van der Waals surface area (Å²) < 4.78 is 15.5. The molecule has 0 bridgehead atoms. The van der Waals surface area contributed by atoms with E-state index in [1.807, 2.05) is 0 Å². The first kappa shape index (κ1) is 14.4. The first-order valence-corrected chi connectivity index (χ1v) is 5.84. The van der Waals surface area contributed by atoms with Crippen molar-refractivity contribution in [1.82, 2.24) is 4.98 Å². The minimum Gasteiger partial charge on any atom is -0.495 e. The first-order chi connectivity index (χ1) is 10.1. The number of rotatable bonds is 4. The Morgan fingerprint density at radius 3 is 2.29 bits per heavy atom. The lowest BCUT2D eigenvalue weighted by Crippen LogP contribution is -2.07. The summed E-state index contributed by atoms with van der Waals surface area (Å²) in [5.74, 6) is -0.393. The Hall–Kier alpha value is -3.01. The molecule has 2 aromatic rings. The van der Waals surface area contributed by atoms with Gasteiger partial charge in [0.05, 0.1) is 26.8 Å². The van der Waals surface area contributed by atoms with Gasteiger partial charge in [-0.2, -0.15) is 5.26 Å². The molecule has 1 aromatic heterocycles. The Bertz CT molecular complexity index is 764. The Balaban J connectivity index is 2.95. The average Bonchev–Trinajstić information content (AvgIpc) is 2.50. The highest BCUT2D eigenvalue weighted by Gasteiger charge is 2.23. The summed E-state index contributed by atoms with van der Waals surface area (Å²) in [4.78, 5) is 15.4. The average molecular weight is 288 g/mol. The zero-order valence-corrected chi connectivity index (χ0v) is 11.6. The molecule has 108 valence electrons. The van der Waals surface area contributed by atoms with Gasteiger partial charge in [0.15, 0.2) is 17.2 Å². The lowest BCUT2D eigenvalue weighted by atomic mass is 10.1. The van der Waals surface area contributed by atoms with Crippen molar-refractivity contribution in [2.45, 2.75) is 0 Å². The molecule has 0 atom stereocenters. The number of carbonyl (C=O) groups is 1. The molecule has 0 spiro atoms. The van der Waals surface area contributed by atoms with Crippen molar-refractivity contribution in [1.29, 1.82) is 5.26 Å². The number of benzene rings is 1. The predicted octanol–water partition coefficient (Wildman–Crippen LogP) is 1.83. The number of aromatic carboxylic acids is 1. The molecule has 0 saturated heterocycles. The number of hydrogen-bond acceptors (Lipinski definition) is 6. The third kappa shape index (κ3) is 2.27. The number of methoxy groups -OCH3 is 3. The van der Waals surface area contributed by atoms with Gasteiger partial charge in [0.2, 0.25) is 0 Å². The van der Waals surface area contributed by atoms with Crippen LogP contribution in [0, 0.1) is 11.3 Å². The molecule has 0 amide bonds. The molecule has 0 unspecified atom stereocenters. The molecule has 2 rings (SSSR count). The number of ether oxygens (including phenoxy) is 3. The van der Waals surface area contributed by atoms with Crippen LogP contribution >= 0.6 is 0 Å². The summed E-state index contributed by atoms with van der Waals surface area (Å²) in [6.45, 7) is 0. The number of nitriles is 1. The van der Waals surface area contributed by atoms with Crippen LogP contribution < -0.4 is 14.2 Å². The van der Waals surface area contributed by atoms with Gasteiger partial charge in [0.1, 0.15) is 17.4 Å². The number of carboxylic acids is 1. The van der Waals surface area contributed by atoms with Crippen molar-refractivity contribution in [3.63, 3.8) is 0 Å². The molecule has 1 aromatic carbocycles. The highest BCUT2D eigenvalue weighted by Crippen LogP contribution is 2.38. The fraction of sp³-hybridized carbons (Fsp3) is 0.214. The molecular formula is C14H12N2O5. The third-order valence-corrected chi connectivity index (χ3v) is 2.97. The summed E-state index contributed by atoms with van der Waals surface area (Å²) >= 11 is 0. The lowest BCUT2D eigenvalue weighted by Gasteiger charge is -2.13. The second kappa shape index (κ2) is 5.54. The normalized spacial score (nSPS) is 10.0. The lowest BCUT2D eigenvalue weighted by molar-refractivity contribution is 0.0693. The SMILES string of the molecule is COc1cc2nc(C#N)c(C(=O)O)c(OC)c2cc1OC. The molecule has 0 aliphatic heterocycles. The van der Waals surface area contributed by atoms with E-state index in [9.17, 15) is 9.90 Å². The number of carboxylic acid groups (broad SMARTS) is 1. The van der Waals surface area contributed by atoms with Gasteiger partial charge in [0.25, 0.3) is 0 Å². The van der Waals surface area contributed by atoms with E-state index in [-0.39, 0.29) is 17.0 Å². The maximum atomic E-state index is 11.4. The molecule has 1 N–H and O–H groups in total. The van der Waals surface area contributed by atoms with Crippen LogP contribution in [0.2, 0.25) is 0 Å². The van der Waals surface area contributed by atoms with E-state index in [1.165, 1.54) is 21.3 Å². The molecule has 1 heterocycles. The standard InChI is InChI=1S/C14H12N2O5/c1-19-10-4-7-8(5-11(10)20-2)16-9(6-15)12(14(17)18)13(7)21-3/h4-5H,1-3H3,(H,17,18). The molecular weight excluding hydrogens is 276 g/mol. The van der Waals surface area contributed by atoms with E-state index in [4.69, 9.17) is 19.5 Å². The van der Waals surface area contributed by atoms with E-state index >= 15 is 0 Å². The maximum absolute atomic E-state index is 11.4. The number of hydrogen-bond donors (Lipinski definition) is 1. The number of fused-ring (bicyclic) bond motifs is 1. The van der Waals surface area contributed by atoms with Crippen LogP contribution in [0.1, 0.15) is 16.1 Å². The quantitative estimate of drug-likeness (QED) is 0.915. The largest absolute Gasteiger partial charge is 0.495 e. The van der Waals surface area contributed by atoms with Crippen LogP contribution in [0.15, 0.2) is 12.1 Å². The van der Waals surface area contributed by atoms with E-state index < -0.39 is 5.97 Å². The second-order valence-electron chi connectivity index (χ2n) is 4.01. The number of aromatic nitrogens is 1. The van der Waals surface area contributed by atoms with Gasteiger partial charge < -0.3 is 19.3 Å². The molecule has 0 fully saturated rings. The highest BCUT2D eigenvalue weighted by atomic mass is 16.5. The molecule has 7 nitrogen and oxygen atoms in total. The van der Waals surface area contributed by atoms with Gasteiger partial charge in [-0.3, -0.25) is 0 Å². The molecule has 0 radical (unpaired) electrons. The smallest absolute Gasteiger partial charge is 0.342 e. The molecule has 0 aliphatic carbocycles. The summed E-state index contributed by atoms with van der Waals surface area (Å²) in [6, 6.07) is 4.89. The van der Waals surface area contributed by atoms with Gasteiger partial charge in [-0.25, -0.2) is 9.78 Å². The van der Waals surface area contributed by atoms with Crippen LogP contribution in [0.3, 0.4) is 0 Å². The summed E-state index contributed by atoms with van der Waals surface area (Å²) in [5.41, 5.74) is -0.121. The van der Waals surface area contributed by atoms with Crippen LogP contribution in [0.25, 0.3) is 10.9 Å². The van der Waals surface area contributed by atoms with Crippen LogP contribution in [-0.4, -0.2) is 37.4 Å². The third-order valence-electron chi connectivity index (χ3n) is 2.97. The fourth-order valence-electron chi connectivity index (χ4n) is 2.05. The summed E-state index contributed by atoms with van der Waals surface area (Å²) in [6.07, 6.45) is 0. The Morgan fingerprint density at radius 1 is 1.19 bits per heavy atom. The summed E-state index contributed by atoms with van der Waals surface area (Å²) in [7, 11) is 4.27. The van der Waals surface area contributed by atoms with Crippen LogP contribution in [-0.2, 0) is 0 Å². The van der Waals surface area contributed by atoms with Gasteiger partial charge in [-0.05, 0) is 6.07 Å². The van der Waals surface area contributed by atoms with E-state index in [1.54, 1.807) is 18.2 Å². The van der Waals surface area contributed by atoms with Crippen molar-refractivity contribution in [3.8, 4) is 23.3 Å². The minimum atomic E-state index is -1.28. The van der Waals surface area contributed by atoms with E-state index in [0.29, 0.717) is 22.4 Å². The van der Waals surface area contributed by atoms with Crippen LogP contribution in [0.4, 0.5) is 0 Å². The van der Waals surface area contributed by atoms with E-state index in [2.05, 4.69) is 4.98 Å². The monoisotopic (exact) mass is 288 g/mol. The van der Waals surface area contributed by atoms with Crippen molar-refractivity contribution >= 4 is 16.9 Å². The fourth-order valence-corrected chi connectivity index (χ4v) is 2.05. The highest BCUT2D eigenvalue weighted by molar-refractivity contribution is 6.01. The maximum Gasteiger partial charge on any atom is 0.342 e. The molecule has 21 heavy (non-hydrogen) atoms. The Kier molecular flexibility index (Phi) is 3.80. The van der Waals surface area contributed by atoms with Crippen molar-refractivity contribution < 1.29 is 24.1 Å². The second-order valence-corrected chi connectivity index (χ2v) is 4.01. The minimum absolute atomic E-state index is 0.0602. The molecule has 0 saturated carbocycles. The molecule has 0 aliphatic rings. The van der Waals surface area contributed by atoms with Gasteiger partial charge in [0, 0.05) is 11.5 Å². The van der Waals surface area contributed by atoms with Gasteiger partial charge in [-0.15, -0.1) is 0 Å². The Labute approximate surface area is 120 Å². The van der Waals surface area contributed by atoms with Crippen LogP contribution in [0.5, 0.6) is 17.2 Å². The number of nitrogens with zero attached hydrogens (tertiary/aromatic N) is 2. The Morgan fingerprint density at radius 2 is 1.81 bits per heavy atom. The molecule has 7 heteroatoms. The number of pyridine rings is 1. The van der Waals surface area contributed by atoms with Crippen molar-refractivity contribution in [2.24, 2.45) is 0 Å². The zero-order chi connectivity index (χ0) is 15.6. The van der Waals surface area contributed by atoms with Gasteiger partial charge >= 0.3 is 5.97 Å². The summed E-state index contributed by atoms with van der Waals surface area (Å²) in [5, 5.41) is 18.8. The predicted molar refractivity (Wildman–Crippen MR) is 73.1 cm³/mol. The van der Waals surface area contributed by atoms with Gasteiger partial charge in [-0.1, -0.05) is 0 Å². The zero-order valence-electron chi connectivity index (χ0n) is 11.6. The van der Waals surface area contributed by atoms with Crippen molar-refractivity contribution in [3.05, 3.63) is 23.4 Å².